The van der Waals surface area contributed by atoms with E-state index in [4.69, 9.17) is 0 Å². The number of hydrazone groups is 1. The van der Waals surface area contributed by atoms with E-state index in [1.165, 1.54) is 12.6 Å². The fourth-order valence-electron chi connectivity index (χ4n) is 2.79. The highest BCUT2D eigenvalue weighted by molar-refractivity contribution is 5.82. The van der Waals surface area contributed by atoms with Gasteiger partial charge in [-0.2, -0.15) is 5.10 Å². The lowest BCUT2D eigenvalue weighted by Gasteiger charge is -2.23. The Bertz CT molecular complexity index is 876. The first-order chi connectivity index (χ1) is 11.6. The highest BCUT2D eigenvalue weighted by atomic mass is 16.3. The van der Waals surface area contributed by atoms with Crippen LogP contribution in [0, 0.1) is 6.92 Å². The third-order valence-electron chi connectivity index (χ3n) is 4.06. The average Bonchev–Trinajstić information content (AvgIpc) is 2.55. The number of rotatable bonds is 3. The number of aromatic nitrogens is 2. The Morgan fingerprint density at radius 2 is 1.96 bits per heavy atom. The van der Waals surface area contributed by atoms with E-state index in [9.17, 15) is 14.7 Å². The van der Waals surface area contributed by atoms with Gasteiger partial charge in [0, 0.05) is 13.1 Å². The highest BCUT2D eigenvalue weighted by Gasteiger charge is 2.15. The van der Waals surface area contributed by atoms with Crippen molar-refractivity contribution in [3.8, 4) is 11.6 Å². The van der Waals surface area contributed by atoms with Crippen LogP contribution in [0.5, 0.6) is 5.88 Å². The maximum atomic E-state index is 12.1. The van der Waals surface area contributed by atoms with Gasteiger partial charge in [-0.25, -0.2) is 9.36 Å². The molecule has 126 valence electrons. The lowest BCUT2D eigenvalue weighted by molar-refractivity contribution is 0.240. The van der Waals surface area contributed by atoms with Crippen LogP contribution < -0.4 is 11.2 Å². The van der Waals surface area contributed by atoms with Crippen LogP contribution in [0.1, 0.15) is 30.4 Å². The first-order valence-electron chi connectivity index (χ1n) is 8.00. The summed E-state index contributed by atoms with van der Waals surface area (Å²) in [6.07, 6.45) is 4.62. The number of aromatic amines is 1. The van der Waals surface area contributed by atoms with Crippen molar-refractivity contribution in [3.63, 3.8) is 0 Å². The van der Waals surface area contributed by atoms with E-state index in [0.29, 0.717) is 5.69 Å². The van der Waals surface area contributed by atoms with Crippen LogP contribution in [-0.4, -0.2) is 39.0 Å². The molecule has 3 rings (SSSR count). The Labute approximate surface area is 138 Å². The van der Waals surface area contributed by atoms with Crippen LogP contribution in [-0.2, 0) is 0 Å². The van der Waals surface area contributed by atoms with Crippen molar-refractivity contribution in [1.29, 1.82) is 0 Å². The summed E-state index contributed by atoms with van der Waals surface area (Å²) in [6.45, 7) is 3.54. The summed E-state index contributed by atoms with van der Waals surface area (Å²) in [4.78, 5) is 26.4. The van der Waals surface area contributed by atoms with Gasteiger partial charge in [0.05, 0.1) is 11.9 Å². The molecule has 0 unspecified atom stereocenters. The van der Waals surface area contributed by atoms with Gasteiger partial charge in [-0.05, 0) is 43.9 Å². The summed E-state index contributed by atoms with van der Waals surface area (Å²) in [6, 6.07) is 7.11. The van der Waals surface area contributed by atoms with Gasteiger partial charge in [-0.1, -0.05) is 12.1 Å². The summed E-state index contributed by atoms with van der Waals surface area (Å²) < 4.78 is 1.08. The number of aromatic hydroxyl groups is 1. The number of nitrogens with one attached hydrogen (secondary N) is 1. The van der Waals surface area contributed by atoms with Crippen molar-refractivity contribution in [2.75, 3.05) is 13.1 Å². The molecule has 1 aromatic heterocycles. The van der Waals surface area contributed by atoms with E-state index < -0.39 is 17.1 Å². The van der Waals surface area contributed by atoms with Crippen molar-refractivity contribution in [2.45, 2.75) is 26.2 Å². The Kier molecular flexibility index (Phi) is 4.50. The predicted molar refractivity (Wildman–Crippen MR) is 92.1 cm³/mol. The zero-order chi connectivity index (χ0) is 17.1. The lowest BCUT2D eigenvalue weighted by Crippen LogP contribution is -2.32. The van der Waals surface area contributed by atoms with Gasteiger partial charge in [0.25, 0.3) is 5.56 Å². The van der Waals surface area contributed by atoms with Gasteiger partial charge in [-0.3, -0.25) is 14.8 Å². The van der Waals surface area contributed by atoms with Gasteiger partial charge in [0.15, 0.2) is 0 Å². The van der Waals surface area contributed by atoms with Crippen molar-refractivity contribution in [1.82, 2.24) is 14.6 Å². The molecule has 1 aliphatic heterocycles. The van der Waals surface area contributed by atoms with Crippen LogP contribution in [0.3, 0.4) is 0 Å². The molecule has 0 radical (unpaired) electrons. The zero-order valence-electron chi connectivity index (χ0n) is 13.5. The average molecular weight is 328 g/mol. The molecule has 1 aromatic carbocycles. The largest absolute Gasteiger partial charge is 0.493 e. The number of hydrogen-bond acceptors (Lipinski definition) is 5. The summed E-state index contributed by atoms with van der Waals surface area (Å²) in [7, 11) is 0. The second kappa shape index (κ2) is 6.74. The van der Waals surface area contributed by atoms with Crippen LogP contribution in [0.25, 0.3) is 5.69 Å². The summed E-state index contributed by atoms with van der Waals surface area (Å²) in [5, 5.41) is 16.6. The normalized spacial score (nSPS) is 15.1. The Morgan fingerprint density at radius 3 is 2.67 bits per heavy atom. The lowest BCUT2D eigenvalue weighted by atomic mass is 10.2. The molecule has 2 heterocycles. The van der Waals surface area contributed by atoms with E-state index >= 15 is 0 Å². The van der Waals surface area contributed by atoms with Gasteiger partial charge in [0.1, 0.15) is 5.56 Å². The molecular weight excluding hydrogens is 308 g/mol. The number of piperidine rings is 1. The first-order valence-corrected chi connectivity index (χ1v) is 8.00. The molecule has 7 heteroatoms. The third kappa shape index (κ3) is 3.24. The molecule has 0 bridgehead atoms. The van der Waals surface area contributed by atoms with E-state index in [1.54, 1.807) is 18.2 Å². The number of hydrogen-bond donors (Lipinski definition) is 2. The Balaban J connectivity index is 2.04. The van der Waals surface area contributed by atoms with Crippen LogP contribution in [0.4, 0.5) is 0 Å². The van der Waals surface area contributed by atoms with Crippen molar-refractivity contribution >= 4 is 6.21 Å². The van der Waals surface area contributed by atoms with E-state index in [1.807, 2.05) is 18.0 Å². The van der Waals surface area contributed by atoms with E-state index in [2.05, 4.69) is 10.1 Å². The summed E-state index contributed by atoms with van der Waals surface area (Å²) in [5.41, 5.74) is 0.0666. The molecular formula is C17H20N4O3. The van der Waals surface area contributed by atoms with Crippen LogP contribution in [0.15, 0.2) is 39.0 Å². The Morgan fingerprint density at radius 1 is 1.21 bits per heavy atom. The van der Waals surface area contributed by atoms with Gasteiger partial charge >= 0.3 is 5.69 Å². The fraction of sp³-hybridized carbons (Fsp3) is 0.353. The monoisotopic (exact) mass is 328 g/mol. The number of aryl methyl sites for hydroxylation is 1. The summed E-state index contributed by atoms with van der Waals surface area (Å²) in [5.74, 6) is -0.407. The van der Waals surface area contributed by atoms with E-state index in [0.717, 1.165) is 36.1 Å². The topological polar surface area (TPSA) is 90.7 Å². The molecule has 0 spiro atoms. The highest BCUT2D eigenvalue weighted by Crippen LogP contribution is 2.16. The number of benzene rings is 1. The molecule has 7 nitrogen and oxygen atoms in total. The standard InChI is InChI=1S/C17H20N4O3/c1-12-6-5-7-13(10-12)21-16(23)14(15(22)19-17(21)24)11-18-20-8-3-2-4-9-20/h5-7,10-11,23H,2-4,8-9H2,1H3,(H,19,22,24). The molecule has 0 amide bonds. The SMILES string of the molecule is Cc1cccc(-n2c(O)c(C=NN3CCCCC3)c(=O)[nH]c2=O)c1. The fourth-order valence-corrected chi connectivity index (χ4v) is 2.79. The molecule has 0 saturated carbocycles. The quantitative estimate of drug-likeness (QED) is 0.832. The molecule has 0 atom stereocenters. The Hall–Kier alpha value is -2.83. The maximum absolute atomic E-state index is 12.1. The second-order valence-corrected chi connectivity index (χ2v) is 5.93. The summed E-state index contributed by atoms with van der Waals surface area (Å²) >= 11 is 0. The van der Waals surface area contributed by atoms with Crippen molar-refractivity contribution < 1.29 is 5.11 Å². The van der Waals surface area contributed by atoms with Crippen LogP contribution in [0.2, 0.25) is 0 Å². The van der Waals surface area contributed by atoms with Gasteiger partial charge < -0.3 is 5.11 Å². The minimum absolute atomic E-state index is 0.0262. The third-order valence-corrected chi connectivity index (χ3v) is 4.06. The van der Waals surface area contributed by atoms with Crippen molar-refractivity contribution in [3.05, 3.63) is 56.2 Å². The smallest absolute Gasteiger partial charge is 0.335 e. The minimum atomic E-state index is -0.682. The minimum Gasteiger partial charge on any atom is -0.493 e. The van der Waals surface area contributed by atoms with Gasteiger partial charge in [-0.15, -0.1) is 0 Å². The zero-order valence-corrected chi connectivity index (χ0v) is 13.5. The van der Waals surface area contributed by atoms with Gasteiger partial charge in [0.2, 0.25) is 5.88 Å². The molecule has 24 heavy (non-hydrogen) atoms. The molecule has 1 aliphatic rings. The second-order valence-electron chi connectivity index (χ2n) is 5.93. The predicted octanol–water partition coefficient (Wildman–Crippen LogP) is 1.36. The molecule has 2 N–H and O–H groups in total. The molecule has 0 aliphatic carbocycles. The first kappa shape index (κ1) is 16.0. The maximum Gasteiger partial charge on any atom is 0.335 e. The number of H-pyrrole nitrogens is 1. The number of nitrogens with zero attached hydrogens (tertiary/aromatic N) is 3. The van der Waals surface area contributed by atoms with E-state index in [-0.39, 0.29) is 5.56 Å². The van der Waals surface area contributed by atoms with Crippen LogP contribution >= 0.6 is 0 Å². The molecule has 1 saturated heterocycles. The molecule has 2 aromatic rings. The molecule has 1 fully saturated rings. The van der Waals surface area contributed by atoms with Crippen molar-refractivity contribution in [2.24, 2.45) is 5.10 Å².